The van der Waals surface area contributed by atoms with Crippen LogP contribution in [0.4, 0.5) is 0 Å². The molecule has 2 aromatic rings. The van der Waals surface area contributed by atoms with E-state index in [2.05, 4.69) is 4.98 Å². The third-order valence-electron chi connectivity index (χ3n) is 2.73. The SMILES string of the molecule is CC(C)Oc1ccc(C(N)CSc2ccccn2)cc1. The van der Waals surface area contributed by atoms with Crippen LogP contribution in [0.2, 0.25) is 0 Å². The van der Waals surface area contributed by atoms with Crippen molar-refractivity contribution in [1.82, 2.24) is 4.98 Å². The normalized spacial score (nSPS) is 12.4. The molecule has 0 aliphatic rings. The number of pyridine rings is 1. The molecule has 0 spiro atoms. The zero-order valence-electron chi connectivity index (χ0n) is 11.8. The third-order valence-corrected chi connectivity index (χ3v) is 3.79. The molecule has 1 unspecified atom stereocenters. The zero-order chi connectivity index (χ0) is 14.4. The van der Waals surface area contributed by atoms with Crippen LogP contribution in [-0.4, -0.2) is 16.8 Å². The molecule has 1 aromatic heterocycles. The molecule has 0 aliphatic heterocycles. The molecule has 106 valence electrons. The minimum absolute atomic E-state index is 0.00453. The van der Waals surface area contributed by atoms with Gasteiger partial charge in [0.05, 0.1) is 11.1 Å². The highest BCUT2D eigenvalue weighted by molar-refractivity contribution is 7.99. The molecule has 0 aliphatic carbocycles. The average Bonchev–Trinajstić information content (AvgIpc) is 2.46. The summed E-state index contributed by atoms with van der Waals surface area (Å²) in [5, 5.41) is 1.00. The number of nitrogens with two attached hydrogens (primary N) is 1. The Balaban J connectivity index is 1.90. The minimum atomic E-state index is -0.00453. The lowest BCUT2D eigenvalue weighted by atomic mass is 10.1. The Labute approximate surface area is 124 Å². The van der Waals surface area contributed by atoms with Crippen LogP contribution in [0.3, 0.4) is 0 Å². The van der Waals surface area contributed by atoms with Crippen LogP contribution in [-0.2, 0) is 0 Å². The van der Waals surface area contributed by atoms with Crippen LogP contribution >= 0.6 is 11.8 Å². The van der Waals surface area contributed by atoms with Crippen LogP contribution < -0.4 is 10.5 Å². The van der Waals surface area contributed by atoms with Crippen molar-refractivity contribution in [3.63, 3.8) is 0 Å². The van der Waals surface area contributed by atoms with E-state index in [1.165, 1.54) is 0 Å². The Morgan fingerprint density at radius 1 is 1.15 bits per heavy atom. The molecule has 0 saturated heterocycles. The van der Waals surface area contributed by atoms with Gasteiger partial charge in [0.15, 0.2) is 0 Å². The van der Waals surface area contributed by atoms with E-state index in [0.717, 1.165) is 22.1 Å². The first-order valence-electron chi connectivity index (χ1n) is 6.71. The van der Waals surface area contributed by atoms with Gasteiger partial charge in [0.25, 0.3) is 0 Å². The van der Waals surface area contributed by atoms with Gasteiger partial charge in [-0.05, 0) is 43.7 Å². The summed E-state index contributed by atoms with van der Waals surface area (Å²) in [7, 11) is 0. The molecule has 4 heteroatoms. The Hall–Kier alpha value is -1.52. The second-order valence-corrected chi connectivity index (χ2v) is 5.86. The summed E-state index contributed by atoms with van der Waals surface area (Å²) in [6.07, 6.45) is 1.99. The highest BCUT2D eigenvalue weighted by Crippen LogP contribution is 2.23. The van der Waals surface area contributed by atoms with Gasteiger partial charge in [-0.25, -0.2) is 4.98 Å². The molecule has 1 aromatic carbocycles. The van der Waals surface area contributed by atoms with E-state index < -0.39 is 0 Å². The summed E-state index contributed by atoms with van der Waals surface area (Å²) in [5.74, 6) is 1.69. The van der Waals surface area contributed by atoms with Gasteiger partial charge in [-0.15, -0.1) is 11.8 Å². The first-order valence-corrected chi connectivity index (χ1v) is 7.70. The summed E-state index contributed by atoms with van der Waals surface area (Å²) in [4.78, 5) is 4.28. The highest BCUT2D eigenvalue weighted by Gasteiger charge is 2.07. The largest absolute Gasteiger partial charge is 0.491 e. The van der Waals surface area contributed by atoms with Gasteiger partial charge >= 0.3 is 0 Å². The minimum Gasteiger partial charge on any atom is -0.491 e. The fourth-order valence-corrected chi connectivity index (χ4v) is 2.62. The molecular formula is C16H20N2OS. The van der Waals surface area contributed by atoms with Crippen LogP contribution in [0, 0.1) is 0 Å². The van der Waals surface area contributed by atoms with Crippen molar-refractivity contribution in [1.29, 1.82) is 0 Å². The Morgan fingerprint density at radius 3 is 2.50 bits per heavy atom. The van der Waals surface area contributed by atoms with E-state index in [-0.39, 0.29) is 12.1 Å². The van der Waals surface area contributed by atoms with Crippen molar-refractivity contribution >= 4 is 11.8 Å². The lowest BCUT2D eigenvalue weighted by molar-refractivity contribution is 0.242. The summed E-state index contributed by atoms with van der Waals surface area (Å²) in [5.41, 5.74) is 7.32. The smallest absolute Gasteiger partial charge is 0.119 e. The monoisotopic (exact) mass is 288 g/mol. The molecule has 0 bridgehead atoms. The Morgan fingerprint density at radius 2 is 1.90 bits per heavy atom. The molecule has 3 nitrogen and oxygen atoms in total. The van der Waals surface area contributed by atoms with Crippen molar-refractivity contribution in [2.45, 2.75) is 31.0 Å². The predicted octanol–water partition coefficient (Wildman–Crippen LogP) is 3.66. The fraction of sp³-hybridized carbons (Fsp3) is 0.312. The maximum absolute atomic E-state index is 6.20. The molecule has 1 heterocycles. The number of ether oxygens (including phenoxy) is 1. The van der Waals surface area contributed by atoms with Gasteiger partial charge in [0, 0.05) is 18.0 Å². The standard InChI is InChI=1S/C16H20N2OS/c1-12(2)19-14-8-6-13(7-9-14)15(17)11-20-16-5-3-4-10-18-16/h3-10,12,15H,11,17H2,1-2H3. The van der Waals surface area contributed by atoms with E-state index in [1.54, 1.807) is 18.0 Å². The molecule has 2 rings (SSSR count). The van der Waals surface area contributed by atoms with Gasteiger partial charge in [-0.1, -0.05) is 18.2 Å². The molecule has 1 atom stereocenters. The summed E-state index contributed by atoms with van der Waals surface area (Å²) in [6.45, 7) is 4.03. The summed E-state index contributed by atoms with van der Waals surface area (Å²) < 4.78 is 5.62. The van der Waals surface area contributed by atoms with E-state index >= 15 is 0 Å². The second kappa shape index (κ2) is 7.31. The van der Waals surface area contributed by atoms with Crippen LogP contribution in [0.5, 0.6) is 5.75 Å². The number of hydrogen-bond donors (Lipinski definition) is 1. The number of benzene rings is 1. The zero-order valence-corrected chi connectivity index (χ0v) is 12.6. The first kappa shape index (κ1) is 14.9. The Kier molecular flexibility index (Phi) is 5.44. The average molecular weight is 288 g/mol. The maximum Gasteiger partial charge on any atom is 0.119 e. The number of nitrogens with zero attached hydrogens (tertiary/aromatic N) is 1. The molecule has 0 radical (unpaired) electrons. The molecule has 20 heavy (non-hydrogen) atoms. The van der Waals surface area contributed by atoms with Crippen LogP contribution in [0.1, 0.15) is 25.5 Å². The van der Waals surface area contributed by atoms with Gasteiger partial charge < -0.3 is 10.5 Å². The second-order valence-electron chi connectivity index (χ2n) is 4.82. The molecule has 0 amide bonds. The third kappa shape index (κ3) is 4.54. The number of thioether (sulfide) groups is 1. The lowest BCUT2D eigenvalue weighted by Gasteiger charge is -2.13. The van der Waals surface area contributed by atoms with Crippen molar-refractivity contribution in [3.8, 4) is 5.75 Å². The molecular weight excluding hydrogens is 268 g/mol. The summed E-state index contributed by atoms with van der Waals surface area (Å²) in [6, 6.07) is 13.9. The Bertz CT molecular complexity index is 514. The van der Waals surface area contributed by atoms with E-state index in [4.69, 9.17) is 10.5 Å². The number of hydrogen-bond acceptors (Lipinski definition) is 4. The topological polar surface area (TPSA) is 48.1 Å². The molecule has 0 saturated carbocycles. The van der Waals surface area contributed by atoms with Gasteiger partial charge in [-0.2, -0.15) is 0 Å². The molecule has 2 N–H and O–H groups in total. The van der Waals surface area contributed by atoms with Crippen molar-refractivity contribution in [2.24, 2.45) is 5.73 Å². The summed E-state index contributed by atoms with van der Waals surface area (Å²) >= 11 is 1.67. The van der Waals surface area contributed by atoms with Crippen molar-refractivity contribution in [3.05, 3.63) is 54.2 Å². The van der Waals surface area contributed by atoms with Crippen molar-refractivity contribution < 1.29 is 4.74 Å². The van der Waals surface area contributed by atoms with Crippen LogP contribution in [0.25, 0.3) is 0 Å². The highest BCUT2D eigenvalue weighted by atomic mass is 32.2. The lowest BCUT2D eigenvalue weighted by Crippen LogP contribution is -2.13. The predicted molar refractivity (Wildman–Crippen MR) is 84.1 cm³/mol. The van der Waals surface area contributed by atoms with Crippen molar-refractivity contribution in [2.75, 3.05) is 5.75 Å². The van der Waals surface area contributed by atoms with Crippen LogP contribution in [0.15, 0.2) is 53.7 Å². The van der Waals surface area contributed by atoms with E-state index in [9.17, 15) is 0 Å². The van der Waals surface area contributed by atoms with E-state index in [0.29, 0.717) is 0 Å². The maximum atomic E-state index is 6.20. The number of aromatic nitrogens is 1. The quantitative estimate of drug-likeness (QED) is 0.824. The van der Waals surface area contributed by atoms with Gasteiger partial charge in [-0.3, -0.25) is 0 Å². The first-order chi connectivity index (χ1) is 9.65. The van der Waals surface area contributed by atoms with Gasteiger partial charge in [0.2, 0.25) is 0 Å². The van der Waals surface area contributed by atoms with Gasteiger partial charge in [0.1, 0.15) is 5.75 Å². The van der Waals surface area contributed by atoms with E-state index in [1.807, 2.05) is 56.3 Å². The number of rotatable bonds is 6. The fourth-order valence-electron chi connectivity index (χ4n) is 1.77. The molecule has 0 fully saturated rings.